The van der Waals surface area contributed by atoms with Gasteiger partial charge in [-0.3, -0.25) is 0 Å². The fourth-order valence-corrected chi connectivity index (χ4v) is 1.71. The van der Waals surface area contributed by atoms with Crippen LogP contribution in [0.1, 0.15) is 11.1 Å². The van der Waals surface area contributed by atoms with E-state index >= 15 is 0 Å². The van der Waals surface area contributed by atoms with E-state index in [1.165, 1.54) is 5.56 Å². The summed E-state index contributed by atoms with van der Waals surface area (Å²) in [4.78, 5) is 0. The summed E-state index contributed by atoms with van der Waals surface area (Å²) in [7, 11) is 0. The Bertz CT molecular complexity index is 288. The SMILES string of the molecule is Cl.Oc1cccc2c1CCNCC2. The molecule has 0 amide bonds. The number of hydrogen-bond acceptors (Lipinski definition) is 2. The van der Waals surface area contributed by atoms with Gasteiger partial charge in [0, 0.05) is 0 Å². The Kier molecular flexibility index (Phi) is 3.58. The van der Waals surface area contributed by atoms with E-state index in [-0.39, 0.29) is 12.4 Å². The second kappa shape index (κ2) is 4.49. The average Bonchev–Trinajstić information content (AvgIpc) is 2.30. The van der Waals surface area contributed by atoms with Crippen LogP contribution in [0.4, 0.5) is 0 Å². The van der Waals surface area contributed by atoms with E-state index in [0.29, 0.717) is 5.75 Å². The van der Waals surface area contributed by atoms with Gasteiger partial charge in [-0.15, -0.1) is 12.4 Å². The van der Waals surface area contributed by atoms with Crippen molar-refractivity contribution in [2.24, 2.45) is 0 Å². The zero-order valence-electron chi connectivity index (χ0n) is 7.42. The molecule has 0 radical (unpaired) electrons. The number of aromatic hydroxyl groups is 1. The third kappa shape index (κ3) is 2.14. The molecule has 1 aliphatic rings. The summed E-state index contributed by atoms with van der Waals surface area (Å²) in [5.41, 5.74) is 2.42. The molecule has 0 bridgehead atoms. The van der Waals surface area contributed by atoms with Crippen molar-refractivity contribution in [1.29, 1.82) is 0 Å². The van der Waals surface area contributed by atoms with E-state index in [2.05, 4.69) is 11.4 Å². The van der Waals surface area contributed by atoms with Crippen LogP contribution < -0.4 is 5.32 Å². The molecule has 0 spiro atoms. The van der Waals surface area contributed by atoms with Crippen LogP contribution in [0.3, 0.4) is 0 Å². The van der Waals surface area contributed by atoms with Gasteiger partial charge in [0.25, 0.3) is 0 Å². The maximum Gasteiger partial charge on any atom is 0.119 e. The molecule has 2 N–H and O–H groups in total. The summed E-state index contributed by atoms with van der Waals surface area (Å²) in [6.07, 6.45) is 1.98. The van der Waals surface area contributed by atoms with Crippen LogP contribution in [0.25, 0.3) is 0 Å². The molecule has 13 heavy (non-hydrogen) atoms. The Balaban J connectivity index is 0.000000845. The van der Waals surface area contributed by atoms with Gasteiger partial charge in [-0.05, 0) is 43.1 Å². The molecule has 0 atom stereocenters. The predicted octanol–water partition coefficient (Wildman–Crippen LogP) is 1.50. The molecule has 0 fully saturated rings. The molecule has 0 saturated heterocycles. The van der Waals surface area contributed by atoms with E-state index < -0.39 is 0 Å². The van der Waals surface area contributed by atoms with Gasteiger partial charge in [-0.1, -0.05) is 12.1 Å². The molecule has 1 aromatic carbocycles. The molecule has 0 aliphatic carbocycles. The highest BCUT2D eigenvalue weighted by molar-refractivity contribution is 5.85. The highest BCUT2D eigenvalue weighted by atomic mass is 35.5. The molecule has 1 aromatic rings. The van der Waals surface area contributed by atoms with Crippen LogP contribution in [-0.4, -0.2) is 18.2 Å². The van der Waals surface area contributed by atoms with Crippen molar-refractivity contribution < 1.29 is 5.11 Å². The highest BCUT2D eigenvalue weighted by Crippen LogP contribution is 2.22. The molecule has 2 nitrogen and oxygen atoms in total. The van der Waals surface area contributed by atoms with Crippen molar-refractivity contribution in [2.45, 2.75) is 12.8 Å². The summed E-state index contributed by atoms with van der Waals surface area (Å²) < 4.78 is 0. The first-order chi connectivity index (χ1) is 5.88. The second-order valence-electron chi connectivity index (χ2n) is 3.16. The molecular weight excluding hydrogens is 186 g/mol. The molecular formula is C10H14ClNO. The van der Waals surface area contributed by atoms with Gasteiger partial charge in [-0.25, -0.2) is 0 Å². The molecule has 1 aliphatic heterocycles. The molecule has 1 heterocycles. The van der Waals surface area contributed by atoms with Gasteiger partial charge in [0.05, 0.1) is 0 Å². The van der Waals surface area contributed by atoms with Gasteiger partial charge >= 0.3 is 0 Å². The van der Waals surface area contributed by atoms with E-state index in [4.69, 9.17) is 0 Å². The van der Waals surface area contributed by atoms with Crippen molar-refractivity contribution in [3.63, 3.8) is 0 Å². The second-order valence-corrected chi connectivity index (χ2v) is 3.16. The first-order valence-corrected chi connectivity index (χ1v) is 4.38. The number of hydrogen-bond donors (Lipinski definition) is 2. The summed E-state index contributed by atoms with van der Waals surface area (Å²) in [5.74, 6) is 0.455. The summed E-state index contributed by atoms with van der Waals surface area (Å²) >= 11 is 0. The lowest BCUT2D eigenvalue weighted by Crippen LogP contribution is -2.16. The van der Waals surface area contributed by atoms with Crippen LogP contribution in [0.15, 0.2) is 18.2 Å². The van der Waals surface area contributed by atoms with Crippen molar-refractivity contribution in [2.75, 3.05) is 13.1 Å². The van der Waals surface area contributed by atoms with Gasteiger partial charge in [0.2, 0.25) is 0 Å². The molecule has 2 rings (SSSR count). The smallest absolute Gasteiger partial charge is 0.119 e. The van der Waals surface area contributed by atoms with E-state index in [9.17, 15) is 5.11 Å². The maximum absolute atomic E-state index is 9.55. The standard InChI is InChI=1S/C10H13NO.ClH/c12-10-3-1-2-8-4-6-11-7-5-9(8)10;/h1-3,11-12H,4-7H2;1H. The van der Waals surface area contributed by atoms with Gasteiger partial charge in [0.15, 0.2) is 0 Å². The van der Waals surface area contributed by atoms with Crippen molar-refractivity contribution in [3.05, 3.63) is 29.3 Å². The third-order valence-electron chi connectivity index (χ3n) is 2.37. The normalized spacial score (nSPS) is 15.4. The minimum absolute atomic E-state index is 0. The number of rotatable bonds is 0. The number of benzene rings is 1. The number of phenols is 1. The van der Waals surface area contributed by atoms with Gasteiger partial charge < -0.3 is 10.4 Å². The quantitative estimate of drug-likeness (QED) is 0.664. The highest BCUT2D eigenvalue weighted by Gasteiger charge is 2.09. The van der Waals surface area contributed by atoms with Crippen molar-refractivity contribution in [1.82, 2.24) is 5.32 Å². The predicted molar refractivity (Wildman–Crippen MR) is 55.6 cm³/mol. The van der Waals surface area contributed by atoms with Crippen LogP contribution in [0.2, 0.25) is 0 Å². The lowest BCUT2D eigenvalue weighted by molar-refractivity contribution is 0.467. The fourth-order valence-electron chi connectivity index (χ4n) is 1.71. The third-order valence-corrected chi connectivity index (χ3v) is 2.37. The fraction of sp³-hybridized carbons (Fsp3) is 0.400. The lowest BCUT2D eigenvalue weighted by Gasteiger charge is -2.05. The summed E-state index contributed by atoms with van der Waals surface area (Å²) in [6.45, 7) is 2.00. The van der Waals surface area contributed by atoms with Crippen LogP contribution >= 0.6 is 12.4 Å². The minimum Gasteiger partial charge on any atom is -0.508 e. The van der Waals surface area contributed by atoms with Crippen LogP contribution in [-0.2, 0) is 12.8 Å². The molecule has 0 unspecified atom stereocenters. The number of phenolic OH excluding ortho intramolecular Hbond substituents is 1. The zero-order chi connectivity index (χ0) is 8.39. The molecule has 72 valence electrons. The topological polar surface area (TPSA) is 32.3 Å². The van der Waals surface area contributed by atoms with E-state index in [1.807, 2.05) is 6.07 Å². The molecule has 0 aromatic heterocycles. The average molecular weight is 200 g/mol. The Morgan fingerprint density at radius 3 is 2.77 bits per heavy atom. The monoisotopic (exact) mass is 199 g/mol. The minimum atomic E-state index is 0. The van der Waals surface area contributed by atoms with Crippen LogP contribution in [0.5, 0.6) is 5.75 Å². The Labute approximate surface area is 84.4 Å². The number of fused-ring (bicyclic) bond motifs is 1. The van der Waals surface area contributed by atoms with Crippen LogP contribution in [0, 0.1) is 0 Å². The largest absolute Gasteiger partial charge is 0.508 e. The van der Waals surface area contributed by atoms with E-state index in [0.717, 1.165) is 31.5 Å². The molecule has 0 saturated carbocycles. The first-order valence-electron chi connectivity index (χ1n) is 4.38. The van der Waals surface area contributed by atoms with Crippen molar-refractivity contribution in [3.8, 4) is 5.75 Å². The number of halogens is 1. The zero-order valence-corrected chi connectivity index (χ0v) is 8.23. The van der Waals surface area contributed by atoms with E-state index in [1.54, 1.807) is 6.07 Å². The molecule has 3 heteroatoms. The lowest BCUT2D eigenvalue weighted by atomic mass is 10.0. The number of nitrogens with one attached hydrogen (secondary N) is 1. The first kappa shape index (κ1) is 10.4. The van der Waals surface area contributed by atoms with Gasteiger partial charge in [-0.2, -0.15) is 0 Å². The van der Waals surface area contributed by atoms with Crippen molar-refractivity contribution >= 4 is 12.4 Å². The maximum atomic E-state index is 9.55. The van der Waals surface area contributed by atoms with Gasteiger partial charge in [0.1, 0.15) is 5.75 Å². The summed E-state index contributed by atoms with van der Waals surface area (Å²) in [5, 5.41) is 12.9. The summed E-state index contributed by atoms with van der Waals surface area (Å²) in [6, 6.07) is 5.78. The Hall–Kier alpha value is -0.730. The Morgan fingerprint density at radius 1 is 1.15 bits per heavy atom. The Morgan fingerprint density at radius 2 is 1.92 bits per heavy atom.